The van der Waals surface area contributed by atoms with Crippen LogP contribution in [0.4, 0.5) is 9.18 Å². The third-order valence-corrected chi connectivity index (χ3v) is 3.92. The molecule has 0 aliphatic heterocycles. The van der Waals surface area contributed by atoms with Gasteiger partial charge in [0.25, 0.3) is 5.91 Å². The molecule has 2 rings (SSSR count). The molecule has 2 amide bonds. The molecule has 2 aromatic rings. The number of carbonyl (C=O) groups is 2. The summed E-state index contributed by atoms with van der Waals surface area (Å²) in [5.41, 5.74) is 4.90. The molecule has 0 saturated heterocycles. The number of hydrogen-bond acceptors (Lipinski definition) is 4. The summed E-state index contributed by atoms with van der Waals surface area (Å²) in [6, 6.07) is 4.68. The maximum absolute atomic E-state index is 13.7. The Hall–Kier alpha value is -2.15. The fourth-order valence-electron chi connectivity index (χ4n) is 1.80. The Morgan fingerprint density at radius 1 is 1.35 bits per heavy atom. The minimum atomic E-state index is -0.745. The normalized spacial score (nSPS) is 10.3. The SMILES string of the molecule is CCOC(=O)NNC(=O)c1sc2cccc(F)c2c1C. The van der Waals surface area contributed by atoms with E-state index in [4.69, 9.17) is 0 Å². The van der Waals surface area contributed by atoms with Crippen molar-refractivity contribution in [2.45, 2.75) is 13.8 Å². The van der Waals surface area contributed by atoms with Gasteiger partial charge >= 0.3 is 6.09 Å². The third kappa shape index (κ3) is 2.72. The number of nitrogens with one attached hydrogen (secondary N) is 2. The van der Waals surface area contributed by atoms with Crippen molar-refractivity contribution >= 4 is 33.4 Å². The molecule has 1 aromatic heterocycles. The van der Waals surface area contributed by atoms with Crippen molar-refractivity contribution in [1.29, 1.82) is 0 Å². The molecule has 0 fully saturated rings. The molecule has 7 heteroatoms. The lowest BCUT2D eigenvalue weighted by Crippen LogP contribution is -2.41. The fraction of sp³-hybridized carbons (Fsp3) is 0.231. The summed E-state index contributed by atoms with van der Waals surface area (Å²) >= 11 is 1.17. The molecule has 1 aromatic carbocycles. The van der Waals surface area contributed by atoms with Crippen LogP contribution in [0.25, 0.3) is 10.1 Å². The van der Waals surface area contributed by atoms with E-state index < -0.39 is 12.0 Å². The lowest BCUT2D eigenvalue weighted by atomic mass is 10.1. The number of benzene rings is 1. The quantitative estimate of drug-likeness (QED) is 0.837. The highest BCUT2D eigenvalue weighted by Crippen LogP contribution is 2.32. The zero-order valence-electron chi connectivity index (χ0n) is 11.0. The first-order valence-electron chi connectivity index (χ1n) is 5.95. The van der Waals surface area contributed by atoms with Gasteiger partial charge in [0.2, 0.25) is 0 Å². The Kier molecular flexibility index (Phi) is 4.19. The third-order valence-electron chi connectivity index (χ3n) is 2.66. The topological polar surface area (TPSA) is 67.4 Å². The first-order chi connectivity index (χ1) is 9.54. The zero-order valence-corrected chi connectivity index (χ0v) is 11.8. The Labute approximate surface area is 118 Å². The molecule has 0 radical (unpaired) electrons. The molecular weight excluding hydrogens is 283 g/mol. The molecule has 5 nitrogen and oxygen atoms in total. The van der Waals surface area contributed by atoms with Gasteiger partial charge in [-0.05, 0) is 31.5 Å². The number of thiophene rings is 1. The monoisotopic (exact) mass is 296 g/mol. The first kappa shape index (κ1) is 14.3. The van der Waals surface area contributed by atoms with Crippen LogP contribution in [-0.4, -0.2) is 18.6 Å². The highest BCUT2D eigenvalue weighted by Gasteiger charge is 2.18. The van der Waals surface area contributed by atoms with Crippen LogP contribution >= 0.6 is 11.3 Å². The molecular formula is C13H13FN2O3S. The van der Waals surface area contributed by atoms with E-state index >= 15 is 0 Å². The number of hydrazine groups is 1. The maximum Gasteiger partial charge on any atom is 0.426 e. The van der Waals surface area contributed by atoms with E-state index in [1.807, 2.05) is 0 Å². The van der Waals surface area contributed by atoms with Crippen molar-refractivity contribution in [2.24, 2.45) is 0 Å². The van der Waals surface area contributed by atoms with Crippen LogP contribution < -0.4 is 10.9 Å². The summed E-state index contributed by atoms with van der Waals surface area (Å²) in [5, 5.41) is 0.429. The lowest BCUT2D eigenvalue weighted by molar-refractivity contribution is 0.0916. The van der Waals surface area contributed by atoms with Crippen molar-refractivity contribution < 1.29 is 18.7 Å². The second-order valence-electron chi connectivity index (χ2n) is 3.97. The average molecular weight is 296 g/mol. The van der Waals surface area contributed by atoms with E-state index in [1.165, 1.54) is 17.4 Å². The van der Waals surface area contributed by atoms with Crippen molar-refractivity contribution in [1.82, 2.24) is 10.9 Å². The van der Waals surface area contributed by atoms with Gasteiger partial charge in [-0.3, -0.25) is 10.2 Å². The Morgan fingerprint density at radius 2 is 2.10 bits per heavy atom. The van der Waals surface area contributed by atoms with E-state index in [2.05, 4.69) is 15.6 Å². The number of aryl methyl sites for hydroxylation is 1. The van der Waals surface area contributed by atoms with Crippen LogP contribution in [-0.2, 0) is 4.74 Å². The maximum atomic E-state index is 13.7. The highest BCUT2D eigenvalue weighted by molar-refractivity contribution is 7.21. The number of ether oxygens (including phenoxy) is 1. The van der Waals surface area contributed by atoms with Crippen LogP contribution in [0.3, 0.4) is 0 Å². The smallest absolute Gasteiger partial charge is 0.426 e. The number of rotatable bonds is 2. The first-order valence-corrected chi connectivity index (χ1v) is 6.77. The Morgan fingerprint density at radius 3 is 2.75 bits per heavy atom. The van der Waals surface area contributed by atoms with Crippen LogP contribution in [0.1, 0.15) is 22.2 Å². The number of hydrogen-bond donors (Lipinski definition) is 2. The highest BCUT2D eigenvalue weighted by atomic mass is 32.1. The van der Waals surface area contributed by atoms with E-state index in [0.717, 1.165) is 0 Å². The van der Waals surface area contributed by atoms with Crippen LogP contribution in [0, 0.1) is 12.7 Å². The minimum Gasteiger partial charge on any atom is -0.449 e. The lowest BCUT2D eigenvalue weighted by Gasteiger charge is -2.06. The fourth-order valence-corrected chi connectivity index (χ4v) is 2.92. The van der Waals surface area contributed by atoms with Crippen LogP contribution in [0.5, 0.6) is 0 Å². The predicted octanol–water partition coefficient (Wildman–Crippen LogP) is 2.74. The molecule has 0 unspecified atom stereocenters. The molecule has 2 N–H and O–H groups in total. The molecule has 0 saturated carbocycles. The van der Waals surface area contributed by atoms with Crippen molar-refractivity contribution in [3.8, 4) is 0 Å². The summed E-state index contributed by atoms with van der Waals surface area (Å²) in [6.45, 7) is 3.52. The number of carbonyl (C=O) groups excluding carboxylic acids is 2. The molecule has 0 aliphatic rings. The average Bonchev–Trinajstić information content (AvgIpc) is 2.75. The van der Waals surface area contributed by atoms with Crippen molar-refractivity contribution in [3.05, 3.63) is 34.5 Å². The molecule has 0 atom stereocenters. The summed E-state index contributed by atoms with van der Waals surface area (Å²) in [5.74, 6) is -0.871. The van der Waals surface area contributed by atoms with E-state index in [-0.39, 0.29) is 12.4 Å². The number of fused-ring (bicyclic) bond motifs is 1. The van der Waals surface area contributed by atoms with Gasteiger partial charge < -0.3 is 4.74 Å². The summed E-state index contributed by atoms with van der Waals surface area (Å²) in [4.78, 5) is 23.4. The summed E-state index contributed by atoms with van der Waals surface area (Å²) in [7, 11) is 0. The second-order valence-corrected chi connectivity index (χ2v) is 5.02. The molecule has 0 spiro atoms. The van der Waals surface area contributed by atoms with Gasteiger partial charge in [0.1, 0.15) is 5.82 Å². The van der Waals surface area contributed by atoms with Crippen LogP contribution in [0.2, 0.25) is 0 Å². The van der Waals surface area contributed by atoms with Crippen molar-refractivity contribution in [2.75, 3.05) is 6.61 Å². The van der Waals surface area contributed by atoms with Crippen molar-refractivity contribution in [3.63, 3.8) is 0 Å². The summed E-state index contributed by atoms with van der Waals surface area (Å²) < 4.78 is 19.0. The van der Waals surface area contributed by atoms with E-state index in [1.54, 1.807) is 26.0 Å². The van der Waals surface area contributed by atoms with E-state index in [9.17, 15) is 14.0 Å². The van der Waals surface area contributed by atoms with E-state index in [0.29, 0.717) is 20.5 Å². The zero-order chi connectivity index (χ0) is 14.7. The Bertz CT molecular complexity index is 669. The van der Waals surface area contributed by atoms with Gasteiger partial charge in [-0.15, -0.1) is 11.3 Å². The molecule has 0 aliphatic carbocycles. The standard InChI is InChI=1S/C13H13FN2O3S/c1-3-19-13(18)16-15-12(17)11-7(2)10-8(14)5-4-6-9(10)20-11/h4-6H,3H2,1-2H3,(H,15,17)(H,16,18). The molecule has 106 valence electrons. The van der Waals surface area contributed by atoms with Gasteiger partial charge in [-0.2, -0.15) is 0 Å². The Balaban J connectivity index is 2.21. The number of amides is 2. The van der Waals surface area contributed by atoms with Gasteiger partial charge in [0.05, 0.1) is 11.5 Å². The summed E-state index contributed by atoms with van der Waals surface area (Å²) in [6.07, 6.45) is -0.745. The van der Waals surface area contributed by atoms with Gasteiger partial charge in [-0.25, -0.2) is 14.6 Å². The second kappa shape index (κ2) is 5.87. The van der Waals surface area contributed by atoms with Gasteiger partial charge in [0.15, 0.2) is 0 Å². The van der Waals surface area contributed by atoms with Gasteiger partial charge in [0, 0.05) is 10.1 Å². The largest absolute Gasteiger partial charge is 0.449 e. The van der Waals surface area contributed by atoms with Crippen LogP contribution in [0.15, 0.2) is 18.2 Å². The molecule has 0 bridgehead atoms. The molecule has 1 heterocycles. The molecule has 20 heavy (non-hydrogen) atoms. The minimum absolute atomic E-state index is 0.203. The predicted molar refractivity (Wildman–Crippen MR) is 74.1 cm³/mol. The number of halogens is 1. The van der Waals surface area contributed by atoms with Gasteiger partial charge in [-0.1, -0.05) is 6.07 Å².